The number of fused-ring (bicyclic) bond motifs is 1. The molecule has 7 heteroatoms. The molecule has 0 bridgehead atoms. The Bertz CT molecular complexity index is 1350. The zero-order chi connectivity index (χ0) is 23.9. The Morgan fingerprint density at radius 2 is 1.54 bits per heavy atom. The van der Waals surface area contributed by atoms with Gasteiger partial charge in [-0.15, -0.1) is 10.2 Å². The zero-order valence-electron chi connectivity index (χ0n) is 19.6. The van der Waals surface area contributed by atoms with Gasteiger partial charge in [0.15, 0.2) is 5.82 Å². The van der Waals surface area contributed by atoms with Crippen molar-refractivity contribution in [2.24, 2.45) is 0 Å². The molecule has 176 valence electrons. The predicted molar refractivity (Wildman–Crippen MR) is 134 cm³/mol. The molecule has 2 heterocycles. The van der Waals surface area contributed by atoms with Gasteiger partial charge in [-0.25, -0.2) is 4.98 Å². The minimum absolute atomic E-state index is 0.403. The van der Waals surface area contributed by atoms with Gasteiger partial charge in [0, 0.05) is 11.8 Å². The number of nitrogens with zero attached hydrogens (tertiary/aromatic N) is 4. The highest BCUT2D eigenvalue weighted by Gasteiger charge is 2.08. The molecule has 0 saturated carbocycles. The molecule has 1 unspecified atom stereocenters. The number of aromatic amines is 1. The second-order valence-corrected chi connectivity index (χ2v) is 8.55. The predicted octanol–water partition coefficient (Wildman–Crippen LogP) is 5.64. The van der Waals surface area contributed by atoms with Crippen LogP contribution in [-0.2, 0) is 19.6 Å². The van der Waals surface area contributed by atoms with Gasteiger partial charge in [0.05, 0.1) is 11.2 Å². The smallest absolute Gasteiger partial charge is 0.174 e. The molecule has 1 atom stereocenters. The van der Waals surface area contributed by atoms with Crippen molar-refractivity contribution < 1.29 is 9.47 Å². The number of aryl methyl sites for hydroxylation is 1. The number of ether oxygens (including phenoxy) is 2. The van der Waals surface area contributed by atoms with E-state index in [0.29, 0.717) is 19.1 Å². The fraction of sp³-hybridized carbons (Fsp3) is 0.214. The fourth-order valence-electron chi connectivity index (χ4n) is 3.89. The van der Waals surface area contributed by atoms with Crippen LogP contribution in [0.1, 0.15) is 41.9 Å². The van der Waals surface area contributed by atoms with Crippen LogP contribution in [0.3, 0.4) is 0 Å². The normalized spacial score (nSPS) is 11.9. The average Bonchev–Trinajstić information content (AvgIpc) is 3.44. The Morgan fingerprint density at radius 1 is 0.800 bits per heavy atom. The molecule has 0 fully saturated rings. The van der Waals surface area contributed by atoms with E-state index in [2.05, 4.69) is 56.8 Å². The monoisotopic (exact) mass is 465 g/mol. The molecule has 0 amide bonds. The molecule has 3 aromatic carbocycles. The standard InChI is InChI=1S/C28H27N5O2/c1-20(6-17-28-30-32-33-31-28)22-10-15-26(16-11-22)34-18-21-7-13-25(14-8-21)35-19-24-12-9-23-4-2-3-5-27(23)29-24/h2-5,7-16,20H,6,17-19H2,1H3,(H,30,31,32,33). The quantitative estimate of drug-likeness (QED) is 0.287. The van der Waals surface area contributed by atoms with Crippen LogP contribution in [-0.4, -0.2) is 25.6 Å². The lowest BCUT2D eigenvalue weighted by atomic mass is 9.96. The Morgan fingerprint density at radius 3 is 2.31 bits per heavy atom. The molecule has 2 aromatic heterocycles. The highest BCUT2D eigenvalue weighted by molar-refractivity contribution is 5.78. The third kappa shape index (κ3) is 6.00. The molecule has 5 aromatic rings. The lowest BCUT2D eigenvalue weighted by Crippen LogP contribution is -2.00. The second-order valence-electron chi connectivity index (χ2n) is 8.55. The topological polar surface area (TPSA) is 85.8 Å². The van der Waals surface area contributed by atoms with Gasteiger partial charge < -0.3 is 9.47 Å². The Labute approximate surface area is 204 Å². The van der Waals surface area contributed by atoms with E-state index in [9.17, 15) is 0 Å². The lowest BCUT2D eigenvalue weighted by molar-refractivity contribution is 0.298. The summed E-state index contributed by atoms with van der Waals surface area (Å²) >= 11 is 0. The van der Waals surface area contributed by atoms with Crippen LogP contribution >= 0.6 is 0 Å². The summed E-state index contributed by atoms with van der Waals surface area (Å²) in [6.45, 7) is 3.13. The number of rotatable bonds is 10. The molecule has 35 heavy (non-hydrogen) atoms. The van der Waals surface area contributed by atoms with E-state index < -0.39 is 0 Å². The van der Waals surface area contributed by atoms with Crippen LogP contribution < -0.4 is 9.47 Å². The van der Waals surface area contributed by atoms with Crippen LogP contribution in [0.25, 0.3) is 10.9 Å². The van der Waals surface area contributed by atoms with Crippen molar-refractivity contribution in [3.05, 3.63) is 108 Å². The maximum Gasteiger partial charge on any atom is 0.174 e. The highest BCUT2D eigenvalue weighted by atomic mass is 16.5. The van der Waals surface area contributed by atoms with E-state index >= 15 is 0 Å². The lowest BCUT2D eigenvalue weighted by Gasteiger charge is -2.12. The molecule has 5 rings (SSSR count). The maximum absolute atomic E-state index is 5.97. The Kier molecular flexibility index (Phi) is 6.94. The van der Waals surface area contributed by atoms with Crippen molar-refractivity contribution in [3.8, 4) is 11.5 Å². The average molecular weight is 466 g/mol. The van der Waals surface area contributed by atoms with Gasteiger partial charge in [0.1, 0.15) is 24.7 Å². The van der Waals surface area contributed by atoms with Crippen LogP contribution in [0.4, 0.5) is 0 Å². The summed E-state index contributed by atoms with van der Waals surface area (Å²) in [6.07, 6.45) is 1.76. The van der Waals surface area contributed by atoms with Crippen LogP contribution in [0, 0.1) is 0 Å². The number of aromatic nitrogens is 5. The van der Waals surface area contributed by atoms with Gasteiger partial charge >= 0.3 is 0 Å². The fourth-order valence-corrected chi connectivity index (χ4v) is 3.89. The van der Waals surface area contributed by atoms with Crippen LogP contribution in [0.5, 0.6) is 11.5 Å². The van der Waals surface area contributed by atoms with Gasteiger partial charge in [-0.1, -0.05) is 60.7 Å². The van der Waals surface area contributed by atoms with Crippen molar-refractivity contribution in [1.82, 2.24) is 25.6 Å². The molecule has 0 aliphatic carbocycles. The zero-order valence-corrected chi connectivity index (χ0v) is 19.6. The summed E-state index contributed by atoms with van der Waals surface area (Å²) in [5.41, 5.74) is 4.23. The highest BCUT2D eigenvalue weighted by Crippen LogP contribution is 2.24. The molecule has 0 aliphatic heterocycles. The van der Waals surface area contributed by atoms with Gasteiger partial charge in [0.25, 0.3) is 0 Å². The number of hydrogen-bond acceptors (Lipinski definition) is 6. The van der Waals surface area contributed by atoms with Gasteiger partial charge in [-0.2, -0.15) is 5.21 Å². The minimum Gasteiger partial charge on any atom is -0.489 e. The van der Waals surface area contributed by atoms with Crippen molar-refractivity contribution in [3.63, 3.8) is 0 Å². The van der Waals surface area contributed by atoms with E-state index in [-0.39, 0.29) is 0 Å². The van der Waals surface area contributed by atoms with Gasteiger partial charge in [-0.05, 0) is 59.9 Å². The summed E-state index contributed by atoms with van der Waals surface area (Å²) in [5.74, 6) is 2.81. The Balaban J connectivity index is 1.09. The first-order valence-corrected chi connectivity index (χ1v) is 11.7. The number of H-pyrrole nitrogens is 1. The second kappa shape index (κ2) is 10.8. The van der Waals surface area contributed by atoms with Crippen molar-refractivity contribution in [1.29, 1.82) is 0 Å². The van der Waals surface area contributed by atoms with Crippen LogP contribution in [0.2, 0.25) is 0 Å². The number of benzene rings is 3. The van der Waals surface area contributed by atoms with Gasteiger partial charge in [-0.3, -0.25) is 0 Å². The van der Waals surface area contributed by atoms with E-state index in [0.717, 1.165) is 52.3 Å². The summed E-state index contributed by atoms with van der Waals surface area (Å²) in [4.78, 5) is 4.66. The number of nitrogens with one attached hydrogen (secondary N) is 1. The molecule has 0 aliphatic rings. The third-order valence-electron chi connectivity index (χ3n) is 6.01. The molecule has 7 nitrogen and oxygen atoms in total. The van der Waals surface area contributed by atoms with E-state index in [1.807, 2.05) is 60.7 Å². The first kappa shape index (κ1) is 22.5. The van der Waals surface area contributed by atoms with E-state index in [1.54, 1.807) is 0 Å². The third-order valence-corrected chi connectivity index (χ3v) is 6.01. The van der Waals surface area contributed by atoms with Crippen LogP contribution in [0.15, 0.2) is 84.9 Å². The number of pyridine rings is 1. The molecule has 0 radical (unpaired) electrons. The van der Waals surface area contributed by atoms with Crippen molar-refractivity contribution in [2.45, 2.75) is 38.9 Å². The first-order chi connectivity index (χ1) is 17.2. The number of tetrazole rings is 1. The molecular formula is C28H27N5O2. The largest absolute Gasteiger partial charge is 0.489 e. The SMILES string of the molecule is CC(CCc1nn[nH]n1)c1ccc(OCc2ccc(OCc3ccc4ccccc4n3)cc2)cc1. The van der Waals surface area contributed by atoms with Crippen molar-refractivity contribution >= 4 is 10.9 Å². The number of para-hydroxylation sites is 1. The summed E-state index contributed by atoms with van der Waals surface area (Å²) in [6, 6.07) is 28.4. The van der Waals surface area contributed by atoms with E-state index in [1.165, 1.54) is 5.56 Å². The molecule has 1 N–H and O–H groups in total. The summed E-state index contributed by atoms with van der Waals surface area (Å²) in [5, 5.41) is 15.2. The molecule has 0 saturated heterocycles. The first-order valence-electron chi connectivity index (χ1n) is 11.7. The maximum atomic E-state index is 5.97. The minimum atomic E-state index is 0.403. The van der Waals surface area contributed by atoms with E-state index in [4.69, 9.17) is 9.47 Å². The number of hydrogen-bond donors (Lipinski definition) is 1. The Hall–Kier alpha value is -4.26. The van der Waals surface area contributed by atoms with Crippen molar-refractivity contribution in [2.75, 3.05) is 0 Å². The summed E-state index contributed by atoms with van der Waals surface area (Å²) < 4.78 is 11.9. The molecular weight excluding hydrogens is 438 g/mol. The van der Waals surface area contributed by atoms with Gasteiger partial charge in [0.2, 0.25) is 0 Å². The summed E-state index contributed by atoms with van der Waals surface area (Å²) in [7, 11) is 0. The molecule has 0 spiro atoms.